The van der Waals surface area contributed by atoms with Gasteiger partial charge in [-0.25, -0.2) is 0 Å². The molecule has 3 aromatic heterocycles. The third kappa shape index (κ3) is 3.24. The third-order valence-electron chi connectivity index (χ3n) is 6.19. The number of aryl methyl sites for hydroxylation is 1. The van der Waals surface area contributed by atoms with Crippen LogP contribution < -0.4 is 5.56 Å². The van der Waals surface area contributed by atoms with Gasteiger partial charge in [0.15, 0.2) is 0 Å². The Hall–Kier alpha value is -3.36. The monoisotopic (exact) mass is 427 g/mol. The summed E-state index contributed by atoms with van der Waals surface area (Å²) >= 11 is 0. The molecule has 1 aromatic carbocycles. The van der Waals surface area contributed by atoms with Gasteiger partial charge in [0.05, 0.1) is 5.56 Å². The van der Waals surface area contributed by atoms with Gasteiger partial charge in [-0.2, -0.15) is 13.2 Å². The fraction of sp³-hybridized carbons (Fsp3) is 0.318. The molecule has 0 spiro atoms. The van der Waals surface area contributed by atoms with Gasteiger partial charge in [-0.3, -0.25) is 9.36 Å². The van der Waals surface area contributed by atoms with Crippen molar-refractivity contribution < 1.29 is 13.2 Å². The first-order valence-corrected chi connectivity index (χ1v) is 10.1. The molecule has 1 saturated carbocycles. The van der Waals surface area contributed by atoms with Crippen LogP contribution in [-0.2, 0) is 13.2 Å². The smallest absolute Gasteiger partial charge is 0.357 e. The maximum atomic E-state index is 13.7. The first kappa shape index (κ1) is 19.6. The largest absolute Gasteiger partial charge is 0.418 e. The van der Waals surface area contributed by atoms with E-state index in [9.17, 15) is 18.0 Å². The predicted octanol–water partition coefficient (Wildman–Crippen LogP) is 4.40. The molecule has 0 amide bonds. The molecule has 1 aliphatic carbocycles. The number of fused-ring (bicyclic) bond motifs is 1. The number of benzene rings is 1. The Balaban J connectivity index is 1.67. The Morgan fingerprint density at radius 3 is 2.68 bits per heavy atom. The normalized spacial score (nSPS) is 15.9. The second-order valence-electron chi connectivity index (χ2n) is 8.05. The Kier molecular flexibility index (Phi) is 4.49. The molecule has 3 heterocycles. The Bertz CT molecular complexity index is 1310. The molecule has 5 rings (SSSR count). The zero-order chi connectivity index (χ0) is 21.8. The van der Waals surface area contributed by atoms with Crippen molar-refractivity contribution in [2.75, 3.05) is 0 Å². The minimum Gasteiger partial charge on any atom is -0.357 e. The van der Waals surface area contributed by atoms with Gasteiger partial charge in [-0.05, 0) is 42.5 Å². The Morgan fingerprint density at radius 1 is 1.23 bits per heavy atom. The molecule has 1 N–H and O–H groups in total. The lowest BCUT2D eigenvalue weighted by molar-refractivity contribution is -0.136. The minimum atomic E-state index is -4.58. The molecule has 160 valence electrons. The highest BCUT2D eigenvalue weighted by atomic mass is 19.4. The molecule has 6 nitrogen and oxygen atoms in total. The summed E-state index contributed by atoms with van der Waals surface area (Å²) in [5, 5.41) is 8.16. The second kappa shape index (κ2) is 7.11. The number of aromatic nitrogens is 5. The van der Waals surface area contributed by atoms with Crippen molar-refractivity contribution >= 4 is 10.9 Å². The van der Waals surface area contributed by atoms with Crippen LogP contribution in [0.3, 0.4) is 0 Å². The van der Waals surface area contributed by atoms with Crippen molar-refractivity contribution in [3.63, 3.8) is 0 Å². The number of halogens is 3. The van der Waals surface area contributed by atoms with Crippen LogP contribution in [0, 0.1) is 5.92 Å². The summed E-state index contributed by atoms with van der Waals surface area (Å²) < 4.78 is 44.0. The van der Waals surface area contributed by atoms with Crippen molar-refractivity contribution in [3.05, 3.63) is 76.4 Å². The van der Waals surface area contributed by atoms with Crippen LogP contribution >= 0.6 is 0 Å². The third-order valence-corrected chi connectivity index (χ3v) is 6.19. The summed E-state index contributed by atoms with van der Waals surface area (Å²) in [5.41, 5.74) is -0.146. The fourth-order valence-electron chi connectivity index (χ4n) is 4.41. The summed E-state index contributed by atoms with van der Waals surface area (Å²) in [7, 11) is 1.88. The van der Waals surface area contributed by atoms with E-state index in [1.54, 1.807) is 24.5 Å². The number of alkyl halides is 3. The lowest BCUT2D eigenvalue weighted by Gasteiger charge is -2.33. The zero-order valence-electron chi connectivity index (χ0n) is 16.7. The van der Waals surface area contributed by atoms with Gasteiger partial charge in [-0.1, -0.05) is 18.6 Å². The first-order chi connectivity index (χ1) is 14.8. The van der Waals surface area contributed by atoms with Crippen molar-refractivity contribution in [2.45, 2.75) is 31.4 Å². The number of nitrogens with one attached hydrogen (secondary N) is 1. The number of rotatable bonds is 4. The lowest BCUT2D eigenvalue weighted by Crippen LogP contribution is -2.25. The Labute approximate surface area is 175 Å². The van der Waals surface area contributed by atoms with Crippen LogP contribution in [-0.4, -0.2) is 24.3 Å². The molecule has 4 aromatic rings. The van der Waals surface area contributed by atoms with Crippen LogP contribution in [0.4, 0.5) is 13.2 Å². The van der Waals surface area contributed by atoms with Gasteiger partial charge in [0.25, 0.3) is 5.56 Å². The highest BCUT2D eigenvalue weighted by molar-refractivity contribution is 5.82. The van der Waals surface area contributed by atoms with E-state index in [0.29, 0.717) is 11.6 Å². The number of hydrogen-bond donors (Lipinski definition) is 1. The number of aromatic amines is 1. The molecule has 0 radical (unpaired) electrons. The van der Waals surface area contributed by atoms with Gasteiger partial charge in [0.1, 0.15) is 17.7 Å². The summed E-state index contributed by atoms with van der Waals surface area (Å²) in [6.45, 7) is 0. The van der Waals surface area contributed by atoms with E-state index in [0.717, 1.165) is 41.4 Å². The molecule has 1 aliphatic rings. The minimum absolute atomic E-state index is 0.0341. The molecule has 0 bridgehead atoms. The number of pyridine rings is 1. The van der Waals surface area contributed by atoms with Crippen LogP contribution in [0.25, 0.3) is 16.6 Å². The summed E-state index contributed by atoms with van der Waals surface area (Å²) in [6, 6.07) is 8.42. The molecule has 1 atom stereocenters. The maximum absolute atomic E-state index is 13.7. The molecular formula is C22H20F3N5O. The van der Waals surface area contributed by atoms with Crippen LogP contribution in [0.1, 0.15) is 42.1 Å². The maximum Gasteiger partial charge on any atom is 0.418 e. The molecule has 1 fully saturated rings. The highest BCUT2D eigenvalue weighted by Crippen LogP contribution is 2.43. The fourth-order valence-corrected chi connectivity index (χ4v) is 4.41. The van der Waals surface area contributed by atoms with Gasteiger partial charge in [0, 0.05) is 36.4 Å². The molecule has 31 heavy (non-hydrogen) atoms. The van der Waals surface area contributed by atoms with Crippen LogP contribution in [0.2, 0.25) is 0 Å². The van der Waals surface area contributed by atoms with E-state index in [1.165, 1.54) is 12.3 Å². The number of H-pyrrole nitrogens is 1. The van der Waals surface area contributed by atoms with Crippen LogP contribution in [0.5, 0.6) is 0 Å². The summed E-state index contributed by atoms with van der Waals surface area (Å²) in [6.07, 6.45) is 2.53. The van der Waals surface area contributed by atoms with Crippen molar-refractivity contribution in [3.8, 4) is 5.69 Å². The van der Waals surface area contributed by atoms with Crippen molar-refractivity contribution in [1.82, 2.24) is 24.3 Å². The number of nitrogens with zero attached hydrogens (tertiary/aromatic N) is 4. The van der Waals surface area contributed by atoms with Crippen molar-refractivity contribution in [2.24, 2.45) is 13.0 Å². The second-order valence-corrected chi connectivity index (χ2v) is 8.05. The summed E-state index contributed by atoms with van der Waals surface area (Å²) in [5.74, 6) is 1.16. The lowest BCUT2D eigenvalue weighted by atomic mass is 9.72. The van der Waals surface area contributed by atoms with Gasteiger partial charge in [-0.15, -0.1) is 10.2 Å². The summed E-state index contributed by atoms with van der Waals surface area (Å²) in [4.78, 5) is 15.6. The topological polar surface area (TPSA) is 68.5 Å². The van der Waals surface area contributed by atoms with E-state index in [-0.39, 0.29) is 16.8 Å². The average molecular weight is 427 g/mol. The Morgan fingerprint density at radius 2 is 2.03 bits per heavy atom. The van der Waals surface area contributed by atoms with E-state index < -0.39 is 17.3 Å². The van der Waals surface area contributed by atoms with E-state index in [1.807, 2.05) is 17.7 Å². The number of hydrogen-bond acceptors (Lipinski definition) is 3. The van der Waals surface area contributed by atoms with E-state index in [2.05, 4.69) is 15.2 Å². The SMILES string of the molecule is Cn1cnnc1[C@@H](c1cccc(-n2cc(C(F)(F)F)c3cc[nH]c3c2=O)c1)C1CCC1. The quantitative estimate of drug-likeness (QED) is 0.525. The molecule has 9 heteroatoms. The van der Waals surface area contributed by atoms with E-state index >= 15 is 0 Å². The van der Waals surface area contributed by atoms with Crippen molar-refractivity contribution in [1.29, 1.82) is 0 Å². The zero-order valence-corrected chi connectivity index (χ0v) is 16.7. The van der Waals surface area contributed by atoms with Gasteiger partial charge < -0.3 is 9.55 Å². The van der Waals surface area contributed by atoms with Gasteiger partial charge >= 0.3 is 6.18 Å². The molecule has 0 saturated heterocycles. The van der Waals surface area contributed by atoms with E-state index in [4.69, 9.17) is 0 Å². The molecule has 0 unspecified atom stereocenters. The standard InChI is InChI=1S/C22H20F3N5O/c1-29-12-27-28-20(29)18(13-4-2-5-13)14-6-3-7-15(10-14)30-11-17(22(23,24)25)16-8-9-26-19(16)21(30)31/h3,6-13,18,26H,2,4-5H2,1H3/t18-/m1/s1. The highest BCUT2D eigenvalue weighted by Gasteiger charge is 2.35. The van der Waals surface area contributed by atoms with Crippen LogP contribution in [0.15, 0.2) is 53.8 Å². The first-order valence-electron chi connectivity index (χ1n) is 10.1. The average Bonchev–Trinajstić information content (AvgIpc) is 3.33. The molecular weight excluding hydrogens is 407 g/mol. The van der Waals surface area contributed by atoms with Gasteiger partial charge in [0.2, 0.25) is 0 Å². The molecule has 0 aliphatic heterocycles. The predicted molar refractivity (Wildman–Crippen MR) is 109 cm³/mol.